The summed E-state index contributed by atoms with van der Waals surface area (Å²) in [6, 6.07) is 7.17. The van der Waals surface area contributed by atoms with Crippen molar-refractivity contribution in [2.45, 2.75) is 44.4 Å². The number of nitrogens with zero attached hydrogens (tertiary/aromatic N) is 2. The van der Waals surface area contributed by atoms with Crippen LogP contribution in [0.4, 0.5) is 0 Å². The van der Waals surface area contributed by atoms with Gasteiger partial charge in [0.2, 0.25) is 10.0 Å². The first kappa shape index (κ1) is 21.3. The van der Waals surface area contributed by atoms with E-state index < -0.39 is 10.0 Å². The molecule has 7 heteroatoms. The van der Waals surface area contributed by atoms with Gasteiger partial charge in [-0.1, -0.05) is 32.9 Å². The second kappa shape index (κ2) is 8.93. The molecule has 2 fully saturated rings. The van der Waals surface area contributed by atoms with Crippen molar-refractivity contribution in [2.24, 2.45) is 5.92 Å². The fraction of sp³-hybridized carbons (Fsp3) is 0.667. The molecule has 6 nitrogen and oxygen atoms in total. The molecule has 0 saturated carbocycles. The molecular weight excluding hydrogens is 374 g/mol. The van der Waals surface area contributed by atoms with Gasteiger partial charge in [0.1, 0.15) is 0 Å². The molecule has 1 aromatic rings. The standard InChI is InChI=1S/C21H33N3O3S/c1-17(2)19-4-6-20(7-5-19)28(26,27)24-14-12-23(13-15-24)21(25)16-22-10-8-18(3)9-11-22/h4-7,17-18H,8-16H2,1-3H3/p+1. The normalized spacial score (nSPS) is 24.5. The Labute approximate surface area is 169 Å². The second-order valence-electron chi connectivity index (χ2n) is 8.62. The van der Waals surface area contributed by atoms with Crippen molar-refractivity contribution < 1.29 is 18.1 Å². The molecule has 0 unspecified atom stereocenters. The molecule has 0 aromatic heterocycles. The first-order valence-electron chi connectivity index (χ1n) is 10.5. The average Bonchev–Trinajstić information content (AvgIpc) is 2.70. The summed E-state index contributed by atoms with van der Waals surface area (Å²) < 4.78 is 27.3. The number of nitrogens with one attached hydrogen (secondary N) is 1. The Hall–Kier alpha value is -1.44. The molecule has 1 aromatic carbocycles. The summed E-state index contributed by atoms with van der Waals surface area (Å²) in [5, 5.41) is 0. The lowest BCUT2D eigenvalue weighted by atomic mass is 9.99. The number of benzene rings is 1. The molecule has 156 valence electrons. The minimum Gasteiger partial charge on any atom is -0.335 e. The van der Waals surface area contributed by atoms with Crippen LogP contribution in [0.2, 0.25) is 0 Å². The van der Waals surface area contributed by atoms with Crippen LogP contribution >= 0.6 is 0 Å². The highest BCUT2D eigenvalue weighted by atomic mass is 32.2. The maximum Gasteiger partial charge on any atom is 0.277 e. The Morgan fingerprint density at radius 1 is 1.07 bits per heavy atom. The van der Waals surface area contributed by atoms with Gasteiger partial charge in [0.05, 0.1) is 18.0 Å². The number of rotatable bonds is 5. The van der Waals surface area contributed by atoms with E-state index >= 15 is 0 Å². The van der Waals surface area contributed by atoms with Crippen molar-refractivity contribution in [3.05, 3.63) is 29.8 Å². The number of amides is 1. The van der Waals surface area contributed by atoms with Gasteiger partial charge in [0, 0.05) is 26.2 Å². The number of carbonyl (C=O) groups is 1. The number of piperazine rings is 1. The Bertz CT molecular complexity index is 761. The van der Waals surface area contributed by atoms with Gasteiger partial charge in [-0.3, -0.25) is 4.79 Å². The summed E-state index contributed by atoms with van der Waals surface area (Å²) in [5.74, 6) is 1.29. The highest BCUT2D eigenvalue weighted by molar-refractivity contribution is 7.89. The molecule has 2 heterocycles. The molecule has 0 radical (unpaired) electrons. The Kier molecular flexibility index (Phi) is 6.78. The maximum absolute atomic E-state index is 12.9. The first-order chi connectivity index (χ1) is 13.3. The predicted octanol–water partition coefficient (Wildman–Crippen LogP) is 0.958. The van der Waals surface area contributed by atoms with Crippen LogP contribution in [-0.4, -0.2) is 69.3 Å². The van der Waals surface area contributed by atoms with E-state index in [0.717, 1.165) is 24.6 Å². The molecule has 0 spiro atoms. The van der Waals surface area contributed by atoms with E-state index in [9.17, 15) is 13.2 Å². The van der Waals surface area contributed by atoms with Gasteiger partial charge in [-0.2, -0.15) is 4.31 Å². The lowest BCUT2D eigenvalue weighted by molar-refractivity contribution is -0.898. The van der Waals surface area contributed by atoms with Crippen LogP contribution in [-0.2, 0) is 14.8 Å². The van der Waals surface area contributed by atoms with E-state index in [4.69, 9.17) is 0 Å². The lowest BCUT2D eigenvalue weighted by Crippen LogP contribution is -3.14. The maximum atomic E-state index is 12.9. The molecule has 2 aliphatic rings. The molecule has 2 saturated heterocycles. The van der Waals surface area contributed by atoms with Crippen molar-refractivity contribution in [2.75, 3.05) is 45.8 Å². The van der Waals surface area contributed by atoms with Crippen LogP contribution < -0.4 is 4.90 Å². The number of hydrogen-bond donors (Lipinski definition) is 1. The molecule has 2 aliphatic heterocycles. The molecule has 1 N–H and O–H groups in total. The van der Waals surface area contributed by atoms with Crippen LogP contribution in [0.1, 0.15) is 45.1 Å². The fourth-order valence-electron chi connectivity index (χ4n) is 4.02. The number of carbonyl (C=O) groups excluding carboxylic acids is 1. The second-order valence-corrected chi connectivity index (χ2v) is 10.6. The van der Waals surface area contributed by atoms with Crippen molar-refractivity contribution in [3.8, 4) is 0 Å². The minimum absolute atomic E-state index is 0.155. The average molecular weight is 409 g/mol. The van der Waals surface area contributed by atoms with E-state index in [2.05, 4.69) is 20.8 Å². The van der Waals surface area contributed by atoms with E-state index in [1.807, 2.05) is 17.0 Å². The number of piperidine rings is 1. The lowest BCUT2D eigenvalue weighted by Gasteiger charge is -2.35. The molecule has 0 bridgehead atoms. The highest BCUT2D eigenvalue weighted by Gasteiger charge is 2.31. The third-order valence-corrected chi connectivity index (χ3v) is 8.07. The molecule has 28 heavy (non-hydrogen) atoms. The number of quaternary nitrogens is 1. The summed E-state index contributed by atoms with van der Waals surface area (Å²) in [7, 11) is -3.50. The van der Waals surface area contributed by atoms with Gasteiger partial charge in [-0.25, -0.2) is 8.42 Å². The number of likely N-dealkylation sites (tertiary alicyclic amines) is 1. The van der Waals surface area contributed by atoms with E-state index in [-0.39, 0.29) is 5.91 Å². The van der Waals surface area contributed by atoms with Crippen molar-refractivity contribution in [3.63, 3.8) is 0 Å². The molecule has 1 amide bonds. The summed E-state index contributed by atoms with van der Waals surface area (Å²) in [6.07, 6.45) is 2.37. The molecule has 3 rings (SSSR count). The minimum atomic E-state index is -3.50. The predicted molar refractivity (Wildman–Crippen MR) is 110 cm³/mol. The zero-order chi connectivity index (χ0) is 20.3. The van der Waals surface area contributed by atoms with Gasteiger partial charge in [-0.05, 0) is 42.4 Å². The summed E-state index contributed by atoms with van der Waals surface area (Å²) in [6.45, 7) is 10.8. The monoisotopic (exact) mass is 408 g/mol. The zero-order valence-corrected chi connectivity index (χ0v) is 18.2. The topological polar surface area (TPSA) is 62.1 Å². The smallest absolute Gasteiger partial charge is 0.277 e. The highest BCUT2D eigenvalue weighted by Crippen LogP contribution is 2.21. The van der Waals surface area contributed by atoms with Crippen LogP contribution in [0.25, 0.3) is 0 Å². The van der Waals surface area contributed by atoms with Crippen molar-refractivity contribution >= 4 is 15.9 Å². The zero-order valence-electron chi connectivity index (χ0n) is 17.4. The van der Waals surface area contributed by atoms with Crippen molar-refractivity contribution in [1.82, 2.24) is 9.21 Å². The molecular formula is C21H34N3O3S+. The van der Waals surface area contributed by atoms with E-state index in [1.54, 1.807) is 12.1 Å². The third-order valence-electron chi connectivity index (χ3n) is 6.16. The Morgan fingerprint density at radius 2 is 1.64 bits per heavy atom. The first-order valence-corrected chi connectivity index (χ1v) is 11.9. The van der Waals surface area contributed by atoms with Gasteiger partial charge in [-0.15, -0.1) is 0 Å². The molecule has 0 atom stereocenters. The summed E-state index contributed by atoms with van der Waals surface area (Å²) in [5.41, 5.74) is 1.13. The summed E-state index contributed by atoms with van der Waals surface area (Å²) >= 11 is 0. The van der Waals surface area contributed by atoms with Gasteiger partial charge in [0.15, 0.2) is 6.54 Å². The van der Waals surface area contributed by atoms with Crippen LogP contribution in [0, 0.1) is 5.92 Å². The van der Waals surface area contributed by atoms with Gasteiger partial charge >= 0.3 is 0 Å². The Morgan fingerprint density at radius 3 is 2.18 bits per heavy atom. The third kappa shape index (κ3) is 4.93. The van der Waals surface area contributed by atoms with Crippen molar-refractivity contribution in [1.29, 1.82) is 0 Å². The Balaban J connectivity index is 1.54. The van der Waals surface area contributed by atoms with E-state index in [0.29, 0.717) is 43.5 Å². The largest absolute Gasteiger partial charge is 0.335 e. The SMILES string of the molecule is CC1CC[NH+](CC(=O)N2CCN(S(=O)(=O)c3ccc(C(C)C)cc3)CC2)CC1. The number of hydrogen-bond acceptors (Lipinski definition) is 3. The van der Waals surface area contributed by atoms with Crippen LogP contribution in [0.15, 0.2) is 29.2 Å². The van der Waals surface area contributed by atoms with E-state index in [1.165, 1.54) is 22.0 Å². The van der Waals surface area contributed by atoms with Gasteiger partial charge < -0.3 is 9.80 Å². The van der Waals surface area contributed by atoms with Gasteiger partial charge in [0.25, 0.3) is 5.91 Å². The fourth-order valence-corrected chi connectivity index (χ4v) is 5.45. The quantitative estimate of drug-likeness (QED) is 0.789. The summed E-state index contributed by atoms with van der Waals surface area (Å²) in [4.78, 5) is 16.1. The number of sulfonamides is 1. The molecule has 0 aliphatic carbocycles. The van der Waals surface area contributed by atoms with Crippen LogP contribution in [0.3, 0.4) is 0 Å². The van der Waals surface area contributed by atoms with Crippen LogP contribution in [0.5, 0.6) is 0 Å².